The van der Waals surface area contributed by atoms with Crippen molar-refractivity contribution < 1.29 is 9.59 Å². The summed E-state index contributed by atoms with van der Waals surface area (Å²) in [6, 6.07) is 8.35. The van der Waals surface area contributed by atoms with Crippen LogP contribution in [-0.2, 0) is 4.79 Å². The number of urea groups is 1. The first-order valence-electron chi connectivity index (χ1n) is 9.33. The second-order valence-electron chi connectivity index (χ2n) is 6.89. The van der Waals surface area contributed by atoms with Gasteiger partial charge in [-0.1, -0.05) is 35.2 Å². The summed E-state index contributed by atoms with van der Waals surface area (Å²) in [4.78, 5) is 29.6. The molecule has 26 heavy (non-hydrogen) atoms. The van der Waals surface area contributed by atoms with Crippen molar-refractivity contribution in [3.63, 3.8) is 0 Å². The summed E-state index contributed by atoms with van der Waals surface area (Å²) >= 11 is 4.97. The summed E-state index contributed by atoms with van der Waals surface area (Å²) < 4.78 is 1.04. The molecule has 0 aromatic heterocycles. The van der Waals surface area contributed by atoms with Crippen molar-refractivity contribution >= 4 is 39.6 Å². The first-order chi connectivity index (χ1) is 12.6. The van der Waals surface area contributed by atoms with Gasteiger partial charge in [0.15, 0.2) is 0 Å². The Hall–Kier alpha value is -1.21. The maximum atomic E-state index is 12.4. The lowest BCUT2D eigenvalue weighted by atomic mass is 9.96. The van der Waals surface area contributed by atoms with Gasteiger partial charge in [0.05, 0.1) is 5.75 Å². The van der Waals surface area contributed by atoms with E-state index >= 15 is 0 Å². The van der Waals surface area contributed by atoms with Crippen molar-refractivity contribution in [2.75, 3.05) is 31.9 Å². The molecule has 2 fully saturated rings. The third-order valence-electron chi connectivity index (χ3n) is 5.03. The van der Waals surface area contributed by atoms with Crippen molar-refractivity contribution in [2.45, 2.75) is 43.0 Å². The zero-order chi connectivity index (χ0) is 18.4. The summed E-state index contributed by atoms with van der Waals surface area (Å²) in [5.74, 6) is 0.584. The molecular formula is C19H26BrN3O2S. The van der Waals surface area contributed by atoms with Gasteiger partial charge in [-0.25, -0.2) is 4.79 Å². The number of rotatable bonds is 4. The molecule has 0 spiro atoms. The van der Waals surface area contributed by atoms with Crippen LogP contribution >= 0.6 is 27.7 Å². The fraction of sp³-hybridized carbons (Fsp3) is 0.579. The molecule has 1 saturated heterocycles. The van der Waals surface area contributed by atoms with E-state index in [4.69, 9.17) is 0 Å². The molecule has 3 amide bonds. The third kappa shape index (κ3) is 5.64. The molecule has 0 unspecified atom stereocenters. The van der Waals surface area contributed by atoms with Crippen LogP contribution in [0.1, 0.15) is 32.1 Å². The maximum Gasteiger partial charge on any atom is 0.317 e. The number of nitrogens with one attached hydrogen (secondary N) is 1. The number of hydrogen-bond acceptors (Lipinski definition) is 3. The predicted octanol–water partition coefficient (Wildman–Crippen LogP) is 3.73. The van der Waals surface area contributed by atoms with E-state index in [2.05, 4.69) is 21.2 Å². The van der Waals surface area contributed by atoms with Crippen LogP contribution in [0.3, 0.4) is 0 Å². The average Bonchev–Trinajstić information content (AvgIpc) is 2.68. The maximum absolute atomic E-state index is 12.4. The van der Waals surface area contributed by atoms with Crippen LogP contribution in [-0.4, -0.2) is 59.7 Å². The Kier molecular flexibility index (Phi) is 7.25. The lowest BCUT2D eigenvalue weighted by Crippen LogP contribution is -2.55. The Morgan fingerprint density at radius 3 is 2.27 bits per heavy atom. The third-order valence-corrected chi connectivity index (χ3v) is 6.55. The Morgan fingerprint density at radius 2 is 1.62 bits per heavy atom. The molecule has 1 heterocycles. The highest BCUT2D eigenvalue weighted by Gasteiger charge is 2.25. The number of nitrogens with zero attached hydrogens (tertiary/aromatic N) is 2. The number of piperazine rings is 1. The molecule has 1 aromatic carbocycles. The van der Waals surface area contributed by atoms with Crippen molar-refractivity contribution in [1.82, 2.24) is 15.1 Å². The monoisotopic (exact) mass is 439 g/mol. The van der Waals surface area contributed by atoms with Gasteiger partial charge in [-0.3, -0.25) is 4.79 Å². The molecule has 1 aromatic rings. The van der Waals surface area contributed by atoms with Crippen LogP contribution in [0.15, 0.2) is 33.6 Å². The second kappa shape index (κ2) is 9.65. The fourth-order valence-corrected chi connectivity index (χ4v) is 4.50. The van der Waals surface area contributed by atoms with E-state index in [-0.39, 0.29) is 11.9 Å². The van der Waals surface area contributed by atoms with Gasteiger partial charge in [-0.05, 0) is 37.1 Å². The minimum atomic E-state index is 0.0354. The first kappa shape index (κ1) is 19.5. The van der Waals surface area contributed by atoms with E-state index in [1.54, 1.807) is 11.8 Å². The molecule has 142 valence electrons. The zero-order valence-electron chi connectivity index (χ0n) is 15.0. The Morgan fingerprint density at radius 1 is 1.00 bits per heavy atom. The molecular weight excluding hydrogens is 414 g/mol. The van der Waals surface area contributed by atoms with Crippen LogP contribution in [0.4, 0.5) is 4.79 Å². The van der Waals surface area contributed by atoms with E-state index in [0.717, 1.165) is 22.2 Å². The lowest BCUT2D eigenvalue weighted by Gasteiger charge is -2.36. The fourth-order valence-electron chi connectivity index (χ4n) is 3.44. The summed E-state index contributed by atoms with van der Waals surface area (Å²) in [5.41, 5.74) is 0. The summed E-state index contributed by atoms with van der Waals surface area (Å²) in [6.45, 7) is 2.48. The molecule has 3 rings (SSSR count). The van der Waals surface area contributed by atoms with Crippen molar-refractivity contribution in [1.29, 1.82) is 0 Å². The number of carbonyl (C=O) groups excluding carboxylic acids is 2. The Bertz CT molecular complexity index is 612. The molecule has 0 radical (unpaired) electrons. The molecule has 2 aliphatic rings. The van der Waals surface area contributed by atoms with E-state index < -0.39 is 0 Å². The normalized spacial score (nSPS) is 18.7. The molecule has 1 aliphatic carbocycles. The number of hydrogen-bond donors (Lipinski definition) is 1. The Balaban J connectivity index is 1.39. The van der Waals surface area contributed by atoms with Gasteiger partial charge in [0.2, 0.25) is 5.91 Å². The van der Waals surface area contributed by atoms with Crippen LogP contribution < -0.4 is 5.32 Å². The van der Waals surface area contributed by atoms with Gasteiger partial charge >= 0.3 is 6.03 Å². The average molecular weight is 440 g/mol. The molecule has 0 atom stereocenters. The largest absolute Gasteiger partial charge is 0.338 e. The SMILES string of the molecule is O=C(CSc1ccc(Br)cc1)N1CCN(C(=O)NC2CCCCC2)CC1. The van der Waals surface area contributed by atoms with Crippen LogP contribution in [0, 0.1) is 0 Å². The molecule has 7 heteroatoms. The van der Waals surface area contributed by atoms with Crippen LogP contribution in [0.5, 0.6) is 0 Å². The van der Waals surface area contributed by atoms with Crippen molar-refractivity contribution in [3.8, 4) is 0 Å². The van der Waals surface area contributed by atoms with Crippen molar-refractivity contribution in [3.05, 3.63) is 28.7 Å². The van der Waals surface area contributed by atoms with Gasteiger partial charge in [0, 0.05) is 41.6 Å². The quantitative estimate of drug-likeness (QED) is 0.727. The van der Waals surface area contributed by atoms with E-state index in [1.807, 2.05) is 34.1 Å². The Labute approximate surface area is 168 Å². The van der Waals surface area contributed by atoms with E-state index in [0.29, 0.717) is 38.0 Å². The molecule has 0 bridgehead atoms. The number of halogens is 1. The van der Waals surface area contributed by atoms with Gasteiger partial charge in [0.1, 0.15) is 0 Å². The number of thioether (sulfide) groups is 1. The standard InChI is InChI=1S/C19H26BrN3O2S/c20-15-6-8-17(9-7-15)26-14-18(24)22-10-12-23(13-11-22)19(25)21-16-4-2-1-3-5-16/h6-9,16H,1-5,10-14H2,(H,21,25). The second-order valence-corrected chi connectivity index (χ2v) is 8.86. The van der Waals surface area contributed by atoms with Crippen LogP contribution in [0.2, 0.25) is 0 Å². The molecule has 5 nitrogen and oxygen atoms in total. The van der Waals surface area contributed by atoms with Gasteiger partial charge in [0.25, 0.3) is 0 Å². The smallest absolute Gasteiger partial charge is 0.317 e. The topological polar surface area (TPSA) is 52.7 Å². The summed E-state index contributed by atoms with van der Waals surface area (Å²) in [6.07, 6.45) is 5.90. The summed E-state index contributed by atoms with van der Waals surface area (Å²) in [7, 11) is 0. The van der Waals surface area contributed by atoms with Gasteiger partial charge < -0.3 is 15.1 Å². The van der Waals surface area contributed by atoms with Crippen LogP contribution in [0.25, 0.3) is 0 Å². The molecule has 1 saturated carbocycles. The first-order valence-corrected chi connectivity index (χ1v) is 11.1. The molecule has 1 N–H and O–H groups in total. The van der Waals surface area contributed by atoms with E-state index in [1.165, 1.54) is 19.3 Å². The minimum Gasteiger partial charge on any atom is -0.338 e. The minimum absolute atomic E-state index is 0.0354. The van der Waals surface area contributed by atoms with Gasteiger partial charge in [-0.2, -0.15) is 0 Å². The van der Waals surface area contributed by atoms with Gasteiger partial charge in [-0.15, -0.1) is 11.8 Å². The van der Waals surface area contributed by atoms with E-state index in [9.17, 15) is 9.59 Å². The highest BCUT2D eigenvalue weighted by molar-refractivity contribution is 9.10. The summed E-state index contributed by atoms with van der Waals surface area (Å²) in [5, 5.41) is 3.16. The predicted molar refractivity (Wildman–Crippen MR) is 108 cm³/mol. The highest BCUT2D eigenvalue weighted by atomic mass is 79.9. The number of amides is 3. The highest BCUT2D eigenvalue weighted by Crippen LogP contribution is 2.21. The number of carbonyl (C=O) groups is 2. The number of benzene rings is 1. The zero-order valence-corrected chi connectivity index (χ0v) is 17.4. The van der Waals surface area contributed by atoms with Crippen molar-refractivity contribution in [2.24, 2.45) is 0 Å². The lowest BCUT2D eigenvalue weighted by molar-refractivity contribution is -0.129. The molecule has 1 aliphatic heterocycles.